The van der Waals surface area contributed by atoms with Crippen molar-refractivity contribution < 1.29 is 9.00 Å². The second-order valence-electron chi connectivity index (χ2n) is 5.26. The molecule has 22 heavy (non-hydrogen) atoms. The summed E-state index contributed by atoms with van der Waals surface area (Å²) in [5.41, 5.74) is 1.67. The van der Waals surface area contributed by atoms with E-state index in [1.807, 2.05) is 43.6 Å². The van der Waals surface area contributed by atoms with Gasteiger partial charge in [-0.1, -0.05) is 18.2 Å². The topological polar surface area (TPSA) is 67.2 Å². The molecular weight excluding hydrogens is 300 g/mol. The van der Waals surface area contributed by atoms with Gasteiger partial charge in [0.2, 0.25) is 0 Å². The van der Waals surface area contributed by atoms with Gasteiger partial charge in [-0.3, -0.25) is 8.89 Å². The minimum Gasteiger partial charge on any atom is -0.316 e. The smallest absolute Gasteiger partial charge is 0.316 e. The molecule has 0 saturated carbocycles. The van der Waals surface area contributed by atoms with Gasteiger partial charge in [-0.15, -0.1) is 0 Å². The number of carbonyl (C=O) groups is 1. The zero-order valence-corrected chi connectivity index (χ0v) is 13.1. The maximum absolute atomic E-state index is 12.6. The van der Waals surface area contributed by atoms with E-state index >= 15 is 0 Å². The molecule has 2 atom stereocenters. The van der Waals surface area contributed by atoms with Crippen LogP contribution in [0.3, 0.4) is 0 Å². The zero-order valence-electron chi connectivity index (χ0n) is 12.3. The summed E-state index contributed by atoms with van der Waals surface area (Å²) in [6.45, 7) is 0.477. The first-order valence-corrected chi connectivity index (χ1v) is 8.58. The summed E-state index contributed by atoms with van der Waals surface area (Å²) in [6, 6.07) is 8.97. The third kappa shape index (κ3) is 3.19. The highest BCUT2D eigenvalue weighted by Crippen LogP contribution is 2.25. The van der Waals surface area contributed by atoms with Crippen molar-refractivity contribution in [1.82, 2.24) is 14.7 Å². The molecule has 2 amide bonds. The van der Waals surface area contributed by atoms with E-state index < -0.39 is 10.8 Å². The summed E-state index contributed by atoms with van der Waals surface area (Å²) in [6.07, 6.45) is 3.60. The number of urea groups is 1. The van der Waals surface area contributed by atoms with Crippen LogP contribution in [-0.2, 0) is 17.8 Å². The molecule has 1 aliphatic rings. The van der Waals surface area contributed by atoms with Gasteiger partial charge >= 0.3 is 6.03 Å². The van der Waals surface area contributed by atoms with Crippen molar-refractivity contribution in [2.24, 2.45) is 7.05 Å². The number of anilines is 1. The van der Waals surface area contributed by atoms with Gasteiger partial charge in [0.1, 0.15) is 0 Å². The minimum atomic E-state index is -0.904. The van der Waals surface area contributed by atoms with E-state index in [2.05, 4.69) is 10.4 Å². The Bertz CT molecular complexity index is 686. The fourth-order valence-corrected chi connectivity index (χ4v) is 3.85. The van der Waals surface area contributed by atoms with Gasteiger partial charge in [0, 0.05) is 53.3 Å². The average molecular weight is 318 g/mol. The number of para-hydroxylation sites is 1. The highest BCUT2D eigenvalue weighted by atomic mass is 32.2. The third-order valence-electron chi connectivity index (χ3n) is 3.68. The first-order chi connectivity index (χ1) is 10.6. The van der Waals surface area contributed by atoms with Gasteiger partial charge in [0.15, 0.2) is 0 Å². The van der Waals surface area contributed by atoms with E-state index in [4.69, 9.17) is 0 Å². The maximum Gasteiger partial charge on any atom is 0.322 e. The lowest BCUT2D eigenvalue weighted by molar-refractivity contribution is 0.195. The molecule has 116 valence electrons. The average Bonchev–Trinajstić information content (AvgIpc) is 2.94. The fourth-order valence-electron chi connectivity index (χ4n) is 2.55. The van der Waals surface area contributed by atoms with Crippen LogP contribution in [0.15, 0.2) is 42.7 Å². The highest BCUT2D eigenvalue weighted by Gasteiger charge is 2.32. The summed E-state index contributed by atoms with van der Waals surface area (Å²) in [5, 5.41) is 7.05. The number of carbonyl (C=O) groups excluding carboxylic acids is 1. The summed E-state index contributed by atoms with van der Waals surface area (Å²) in [4.78, 5) is 14.3. The molecule has 7 heteroatoms. The van der Waals surface area contributed by atoms with Crippen LogP contribution in [-0.4, -0.2) is 43.0 Å². The molecule has 1 fully saturated rings. The normalized spacial score (nSPS) is 21.6. The third-order valence-corrected chi connectivity index (χ3v) is 5.00. The Labute approximate surface area is 131 Å². The maximum atomic E-state index is 12.6. The van der Waals surface area contributed by atoms with Crippen molar-refractivity contribution in [2.45, 2.75) is 6.04 Å². The second kappa shape index (κ2) is 6.31. The van der Waals surface area contributed by atoms with Crippen molar-refractivity contribution >= 4 is 22.5 Å². The zero-order chi connectivity index (χ0) is 15.5. The van der Waals surface area contributed by atoms with Crippen LogP contribution in [0.1, 0.15) is 11.6 Å². The van der Waals surface area contributed by atoms with E-state index in [0.717, 1.165) is 11.3 Å². The summed E-state index contributed by atoms with van der Waals surface area (Å²) in [7, 11) is 0.927. The molecule has 6 nitrogen and oxygen atoms in total. The lowest BCUT2D eigenvalue weighted by Gasteiger charge is -2.34. The largest absolute Gasteiger partial charge is 0.322 e. The summed E-state index contributed by atoms with van der Waals surface area (Å²) >= 11 is 0. The van der Waals surface area contributed by atoms with E-state index in [-0.39, 0.29) is 12.1 Å². The highest BCUT2D eigenvalue weighted by molar-refractivity contribution is 7.85. The Morgan fingerprint density at radius 1 is 1.36 bits per heavy atom. The van der Waals surface area contributed by atoms with Crippen molar-refractivity contribution in [3.8, 4) is 0 Å². The van der Waals surface area contributed by atoms with E-state index in [9.17, 15) is 9.00 Å². The number of hydrogen-bond acceptors (Lipinski definition) is 3. The van der Waals surface area contributed by atoms with Crippen molar-refractivity contribution in [3.63, 3.8) is 0 Å². The number of nitrogens with one attached hydrogen (secondary N) is 1. The lowest BCUT2D eigenvalue weighted by Crippen LogP contribution is -2.46. The summed E-state index contributed by atoms with van der Waals surface area (Å²) in [5.74, 6) is 0.965. The number of aryl methyl sites for hydroxylation is 1. The Morgan fingerprint density at radius 3 is 2.82 bits per heavy atom. The molecule has 1 N–H and O–H groups in total. The van der Waals surface area contributed by atoms with Gasteiger partial charge in [0.25, 0.3) is 0 Å². The van der Waals surface area contributed by atoms with Crippen LogP contribution >= 0.6 is 0 Å². The van der Waals surface area contributed by atoms with E-state index in [1.165, 1.54) is 0 Å². The number of rotatable bonds is 2. The molecule has 0 aliphatic carbocycles. The predicted octanol–water partition coefficient (Wildman–Crippen LogP) is 1.76. The van der Waals surface area contributed by atoms with Crippen LogP contribution in [0.25, 0.3) is 0 Å². The second-order valence-corrected chi connectivity index (χ2v) is 6.88. The van der Waals surface area contributed by atoms with Crippen molar-refractivity contribution in [2.75, 3.05) is 23.4 Å². The molecule has 0 unspecified atom stereocenters. The van der Waals surface area contributed by atoms with E-state index in [1.54, 1.807) is 15.8 Å². The van der Waals surface area contributed by atoms with Crippen LogP contribution < -0.4 is 5.32 Å². The monoisotopic (exact) mass is 318 g/mol. The minimum absolute atomic E-state index is 0.170. The lowest BCUT2D eigenvalue weighted by atomic mass is 10.1. The van der Waals surface area contributed by atoms with Crippen molar-refractivity contribution in [1.29, 1.82) is 0 Å². The molecular formula is C15H18N4O2S. The summed E-state index contributed by atoms with van der Waals surface area (Å²) < 4.78 is 13.6. The fraction of sp³-hybridized carbons (Fsp3) is 0.333. The Kier molecular flexibility index (Phi) is 4.24. The van der Waals surface area contributed by atoms with E-state index in [0.29, 0.717) is 18.1 Å². The Morgan fingerprint density at radius 2 is 2.14 bits per heavy atom. The number of amides is 2. The molecule has 0 radical (unpaired) electrons. The molecule has 1 aromatic heterocycles. The van der Waals surface area contributed by atoms with Crippen molar-refractivity contribution in [3.05, 3.63) is 48.3 Å². The molecule has 2 aromatic rings. The quantitative estimate of drug-likeness (QED) is 0.917. The number of hydrogen-bond donors (Lipinski definition) is 1. The van der Waals surface area contributed by atoms with Crippen LogP contribution in [0.2, 0.25) is 0 Å². The standard InChI is InChI=1S/C15H18N4O2S/c1-18-10-12(9-16-18)14-11-22(21)8-7-19(14)15(20)17-13-5-3-2-4-6-13/h2-6,9-10,14H,7-8,11H2,1H3,(H,17,20)/t14-,22+/m1/s1. The van der Waals surface area contributed by atoms with Crippen LogP contribution in [0, 0.1) is 0 Å². The Balaban J connectivity index is 1.80. The van der Waals surface area contributed by atoms with Crippen LogP contribution in [0.4, 0.5) is 10.5 Å². The molecule has 1 saturated heterocycles. The van der Waals surface area contributed by atoms with Gasteiger partial charge in [-0.25, -0.2) is 4.79 Å². The number of nitrogens with zero attached hydrogens (tertiary/aromatic N) is 3. The van der Waals surface area contributed by atoms with Gasteiger partial charge in [-0.05, 0) is 12.1 Å². The first kappa shape index (κ1) is 14.8. The number of benzene rings is 1. The molecule has 2 heterocycles. The Hall–Kier alpha value is -2.15. The molecule has 0 spiro atoms. The van der Waals surface area contributed by atoms with Gasteiger partial charge < -0.3 is 10.2 Å². The number of aromatic nitrogens is 2. The van der Waals surface area contributed by atoms with Gasteiger partial charge in [0.05, 0.1) is 12.2 Å². The molecule has 3 rings (SSSR count). The SMILES string of the molecule is Cn1cc([C@H]2C[S@@](=O)CCN2C(=O)Nc2ccccc2)cn1. The molecule has 1 aliphatic heterocycles. The molecule has 1 aromatic carbocycles. The molecule has 0 bridgehead atoms. The predicted molar refractivity (Wildman–Crippen MR) is 86.0 cm³/mol. The first-order valence-electron chi connectivity index (χ1n) is 7.09. The van der Waals surface area contributed by atoms with Crippen LogP contribution in [0.5, 0.6) is 0 Å². The van der Waals surface area contributed by atoms with Gasteiger partial charge in [-0.2, -0.15) is 5.10 Å².